The van der Waals surface area contributed by atoms with E-state index in [2.05, 4.69) is 51.5 Å². The average molecular weight is 281 g/mol. The van der Waals surface area contributed by atoms with E-state index in [1.54, 1.807) is 0 Å². The van der Waals surface area contributed by atoms with Crippen LogP contribution in [-0.4, -0.2) is 67.2 Å². The van der Waals surface area contributed by atoms with Crippen molar-refractivity contribution in [3.05, 3.63) is 0 Å². The molecular weight excluding hydrogens is 254 g/mol. The molecule has 1 atom stereocenters. The van der Waals surface area contributed by atoms with E-state index in [4.69, 9.17) is 0 Å². The number of nitrogens with zero attached hydrogens (tertiary/aromatic N) is 5. The van der Waals surface area contributed by atoms with Gasteiger partial charge in [0.2, 0.25) is 17.8 Å². The van der Waals surface area contributed by atoms with Gasteiger partial charge in [0, 0.05) is 26.7 Å². The molecule has 1 rings (SSSR count). The molecule has 7 nitrogen and oxygen atoms in total. The quantitative estimate of drug-likeness (QED) is 0.740. The van der Waals surface area contributed by atoms with Crippen LogP contribution >= 0.6 is 0 Å². The van der Waals surface area contributed by atoms with Gasteiger partial charge in [-0.2, -0.15) is 15.0 Å². The molecule has 7 heteroatoms. The zero-order valence-electron chi connectivity index (χ0n) is 13.4. The van der Waals surface area contributed by atoms with Gasteiger partial charge in [0.1, 0.15) is 0 Å². The van der Waals surface area contributed by atoms with Crippen LogP contribution < -0.4 is 15.5 Å². The molecule has 20 heavy (non-hydrogen) atoms. The summed E-state index contributed by atoms with van der Waals surface area (Å²) in [5.74, 6) is 1.87. The zero-order chi connectivity index (χ0) is 15.1. The number of anilines is 3. The molecular formula is C13H27N7. The second-order valence-electron chi connectivity index (χ2n) is 5.34. The first kappa shape index (κ1) is 16.4. The Kier molecular flexibility index (Phi) is 6.44. The van der Waals surface area contributed by atoms with Gasteiger partial charge in [-0.3, -0.25) is 0 Å². The lowest BCUT2D eigenvalue weighted by Gasteiger charge is -2.18. The molecule has 2 N–H and O–H groups in total. The normalized spacial score (nSPS) is 12.3. The number of aromatic nitrogens is 3. The van der Waals surface area contributed by atoms with E-state index >= 15 is 0 Å². The maximum Gasteiger partial charge on any atom is 0.231 e. The Morgan fingerprint density at radius 1 is 1.05 bits per heavy atom. The van der Waals surface area contributed by atoms with Crippen molar-refractivity contribution in [2.45, 2.75) is 26.3 Å². The van der Waals surface area contributed by atoms with Crippen molar-refractivity contribution in [2.75, 3.05) is 56.8 Å². The number of rotatable bonds is 8. The van der Waals surface area contributed by atoms with E-state index in [1.807, 2.05) is 25.9 Å². The Labute approximate surface area is 121 Å². The standard InChI is InChI=1S/C13H27N7/c1-7-14-11-16-12(18-13(17-11)20(5)6)15-10(2)8-9-19(3)4/h10H,7-9H2,1-6H3,(H2,14,15,16,17,18). The molecule has 1 unspecified atom stereocenters. The van der Waals surface area contributed by atoms with Crippen molar-refractivity contribution in [1.82, 2.24) is 19.9 Å². The highest BCUT2D eigenvalue weighted by Crippen LogP contribution is 2.12. The number of hydrogen-bond donors (Lipinski definition) is 2. The van der Waals surface area contributed by atoms with E-state index in [0.29, 0.717) is 23.9 Å². The molecule has 0 saturated heterocycles. The summed E-state index contributed by atoms with van der Waals surface area (Å²) in [4.78, 5) is 17.2. The van der Waals surface area contributed by atoms with Crippen LogP contribution in [0, 0.1) is 0 Å². The highest BCUT2D eigenvalue weighted by molar-refractivity contribution is 5.43. The van der Waals surface area contributed by atoms with Gasteiger partial charge in [-0.15, -0.1) is 0 Å². The van der Waals surface area contributed by atoms with E-state index in [9.17, 15) is 0 Å². The predicted molar refractivity (Wildman–Crippen MR) is 84.6 cm³/mol. The zero-order valence-corrected chi connectivity index (χ0v) is 13.4. The van der Waals surface area contributed by atoms with E-state index in [-0.39, 0.29) is 0 Å². The smallest absolute Gasteiger partial charge is 0.231 e. The molecule has 0 amide bonds. The van der Waals surface area contributed by atoms with Crippen molar-refractivity contribution in [3.63, 3.8) is 0 Å². The van der Waals surface area contributed by atoms with Gasteiger partial charge in [0.05, 0.1) is 0 Å². The predicted octanol–water partition coefficient (Wildman–Crippen LogP) is 1.12. The Hall–Kier alpha value is -1.63. The van der Waals surface area contributed by atoms with Crippen molar-refractivity contribution in [1.29, 1.82) is 0 Å². The lowest BCUT2D eigenvalue weighted by atomic mass is 10.2. The Bertz CT molecular complexity index is 406. The van der Waals surface area contributed by atoms with Crippen LogP contribution in [0.4, 0.5) is 17.8 Å². The Morgan fingerprint density at radius 2 is 1.70 bits per heavy atom. The summed E-state index contributed by atoms with van der Waals surface area (Å²) in [5.41, 5.74) is 0. The van der Waals surface area contributed by atoms with E-state index in [1.165, 1.54) is 0 Å². The molecule has 0 bridgehead atoms. The molecule has 0 aliphatic heterocycles. The van der Waals surface area contributed by atoms with Crippen LogP contribution in [0.3, 0.4) is 0 Å². The third-order valence-electron chi connectivity index (χ3n) is 2.74. The number of nitrogens with one attached hydrogen (secondary N) is 2. The van der Waals surface area contributed by atoms with Crippen molar-refractivity contribution in [2.24, 2.45) is 0 Å². The molecule has 0 fully saturated rings. The minimum Gasteiger partial charge on any atom is -0.354 e. The fraction of sp³-hybridized carbons (Fsp3) is 0.769. The lowest BCUT2D eigenvalue weighted by Crippen LogP contribution is -2.25. The van der Waals surface area contributed by atoms with Crippen LogP contribution in [0.1, 0.15) is 20.3 Å². The third kappa shape index (κ3) is 5.56. The molecule has 114 valence electrons. The first-order valence-electron chi connectivity index (χ1n) is 7.01. The minimum absolute atomic E-state index is 0.310. The summed E-state index contributed by atoms with van der Waals surface area (Å²) < 4.78 is 0. The fourth-order valence-corrected chi connectivity index (χ4v) is 1.61. The maximum absolute atomic E-state index is 4.42. The third-order valence-corrected chi connectivity index (χ3v) is 2.74. The van der Waals surface area contributed by atoms with Crippen molar-refractivity contribution >= 4 is 17.8 Å². The van der Waals surface area contributed by atoms with Gasteiger partial charge in [-0.05, 0) is 40.9 Å². The molecule has 0 spiro atoms. The highest BCUT2D eigenvalue weighted by Gasteiger charge is 2.10. The van der Waals surface area contributed by atoms with Crippen LogP contribution in [0.15, 0.2) is 0 Å². The van der Waals surface area contributed by atoms with Gasteiger partial charge in [-0.25, -0.2) is 0 Å². The summed E-state index contributed by atoms with van der Waals surface area (Å²) >= 11 is 0. The van der Waals surface area contributed by atoms with Gasteiger partial charge < -0.3 is 20.4 Å². The Morgan fingerprint density at radius 3 is 2.25 bits per heavy atom. The van der Waals surface area contributed by atoms with Crippen molar-refractivity contribution in [3.8, 4) is 0 Å². The summed E-state index contributed by atoms with van der Waals surface area (Å²) in [7, 11) is 7.99. The van der Waals surface area contributed by atoms with Crippen LogP contribution in [0.25, 0.3) is 0 Å². The number of hydrogen-bond acceptors (Lipinski definition) is 7. The van der Waals surface area contributed by atoms with Crippen LogP contribution in [-0.2, 0) is 0 Å². The molecule has 0 aliphatic rings. The molecule has 1 aromatic heterocycles. The average Bonchev–Trinajstić information content (AvgIpc) is 2.36. The van der Waals surface area contributed by atoms with Gasteiger partial charge in [-0.1, -0.05) is 0 Å². The molecule has 1 aromatic rings. The second kappa shape index (κ2) is 7.84. The summed E-state index contributed by atoms with van der Waals surface area (Å²) in [5, 5.41) is 6.47. The first-order chi connectivity index (χ1) is 9.42. The van der Waals surface area contributed by atoms with Crippen LogP contribution in [0.5, 0.6) is 0 Å². The molecule has 0 saturated carbocycles. The molecule has 0 radical (unpaired) electrons. The topological polar surface area (TPSA) is 69.2 Å². The maximum atomic E-state index is 4.42. The minimum atomic E-state index is 0.310. The fourth-order valence-electron chi connectivity index (χ4n) is 1.61. The SMILES string of the molecule is CCNc1nc(NC(C)CCN(C)C)nc(N(C)C)n1. The van der Waals surface area contributed by atoms with Gasteiger partial charge >= 0.3 is 0 Å². The monoisotopic (exact) mass is 281 g/mol. The lowest BCUT2D eigenvalue weighted by molar-refractivity contribution is 0.390. The first-order valence-corrected chi connectivity index (χ1v) is 7.01. The molecule has 0 aliphatic carbocycles. The Balaban J connectivity index is 2.77. The van der Waals surface area contributed by atoms with Crippen molar-refractivity contribution < 1.29 is 0 Å². The molecule has 1 heterocycles. The van der Waals surface area contributed by atoms with E-state index in [0.717, 1.165) is 19.5 Å². The highest BCUT2D eigenvalue weighted by atomic mass is 15.3. The van der Waals surface area contributed by atoms with Crippen LogP contribution in [0.2, 0.25) is 0 Å². The summed E-state index contributed by atoms with van der Waals surface area (Å²) in [6.45, 7) is 5.97. The summed E-state index contributed by atoms with van der Waals surface area (Å²) in [6.07, 6.45) is 1.03. The van der Waals surface area contributed by atoms with Gasteiger partial charge in [0.15, 0.2) is 0 Å². The molecule has 0 aromatic carbocycles. The second-order valence-corrected chi connectivity index (χ2v) is 5.34. The van der Waals surface area contributed by atoms with Gasteiger partial charge in [0.25, 0.3) is 0 Å². The largest absolute Gasteiger partial charge is 0.354 e. The summed E-state index contributed by atoms with van der Waals surface area (Å²) in [6, 6.07) is 0.310. The van der Waals surface area contributed by atoms with E-state index < -0.39 is 0 Å².